The highest BCUT2D eigenvalue weighted by molar-refractivity contribution is 9.10. The molecule has 0 amide bonds. The monoisotopic (exact) mass is 342 g/mol. The highest BCUT2D eigenvalue weighted by atomic mass is 79.9. The molecule has 1 nitrogen and oxygen atoms in total. The van der Waals surface area contributed by atoms with Gasteiger partial charge in [-0.25, -0.2) is 4.39 Å². The van der Waals surface area contributed by atoms with E-state index in [2.05, 4.69) is 15.9 Å². The molecule has 0 aromatic heterocycles. The normalized spacial score (nSPS) is 12.4. The summed E-state index contributed by atoms with van der Waals surface area (Å²) in [6.07, 6.45) is 0.362. The van der Waals surface area contributed by atoms with E-state index in [9.17, 15) is 9.50 Å². The number of hydrogen-bond acceptors (Lipinski definition) is 1. The van der Waals surface area contributed by atoms with Crippen LogP contribution in [0.2, 0.25) is 5.02 Å². The van der Waals surface area contributed by atoms with Crippen LogP contribution in [-0.2, 0) is 12.8 Å². The second-order valence-electron chi connectivity index (χ2n) is 4.40. The third-order valence-corrected chi connectivity index (χ3v) is 4.01. The lowest BCUT2D eigenvalue weighted by Crippen LogP contribution is -2.14. The van der Waals surface area contributed by atoms with Gasteiger partial charge >= 0.3 is 0 Å². The fraction of sp³-hybridized carbons (Fsp3) is 0.200. The quantitative estimate of drug-likeness (QED) is 0.873. The summed E-state index contributed by atoms with van der Waals surface area (Å²) < 4.78 is 13.8. The van der Waals surface area contributed by atoms with Crippen LogP contribution in [0.25, 0.3) is 0 Å². The van der Waals surface area contributed by atoms with Gasteiger partial charge < -0.3 is 5.11 Å². The Hall–Kier alpha value is -0.900. The largest absolute Gasteiger partial charge is 0.392 e. The minimum Gasteiger partial charge on any atom is -0.392 e. The predicted molar refractivity (Wildman–Crippen MR) is 79.0 cm³/mol. The van der Waals surface area contributed by atoms with Gasteiger partial charge in [0.15, 0.2) is 0 Å². The molecule has 100 valence electrons. The number of benzene rings is 2. The smallest absolute Gasteiger partial charge is 0.137 e. The summed E-state index contributed by atoms with van der Waals surface area (Å²) in [7, 11) is 0. The zero-order chi connectivity index (χ0) is 13.8. The van der Waals surface area contributed by atoms with Gasteiger partial charge in [0.05, 0.1) is 10.6 Å². The molecular weight excluding hydrogens is 331 g/mol. The van der Waals surface area contributed by atoms with Crippen molar-refractivity contribution in [1.82, 2.24) is 0 Å². The van der Waals surface area contributed by atoms with Gasteiger partial charge in [-0.15, -0.1) is 0 Å². The molecule has 0 saturated heterocycles. The molecule has 1 atom stereocenters. The van der Waals surface area contributed by atoms with Crippen LogP contribution in [0.3, 0.4) is 0 Å². The lowest BCUT2D eigenvalue weighted by atomic mass is 10.0. The van der Waals surface area contributed by atoms with Gasteiger partial charge in [-0.1, -0.05) is 35.9 Å². The van der Waals surface area contributed by atoms with Crippen molar-refractivity contribution in [3.05, 3.63) is 68.9 Å². The van der Waals surface area contributed by atoms with Crippen LogP contribution in [0, 0.1) is 5.82 Å². The van der Waals surface area contributed by atoms with E-state index in [1.165, 1.54) is 6.07 Å². The molecule has 0 aliphatic heterocycles. The van der Waals surface area contributed by atoms with Crippen LogP contribution in [0.4, 0.5) is 4.39 Å². The third-order valence-electron chi connectivity index (χ3n) is 2.87. The molecule has 4 heteroatoms. The molecule has 0 saturated carbocycles. The van der Waals surface area contributed by atoms with Crippen molar-refractivity contribution in [2.24, 2.45) is 0 Å². The molecule has 0 aliphatic rings. The van der Waals surface area contributed by atoms with Gasteiger partial charge in [0.25, 0.3) is 0 Å². The number of halogens is 3. The van der Waals surface area contributed by atoms with E-state index in [0.29, 0.717) is 22.3 Å². The predicted octanol–water partition coefficient (Wildman–Crippen LogP) is 4.39. The maximum absolute atomic E-state index is 13.4. The Morgan fingerprint density at radius 1 is 1.11 bits per heavy atom. The molecule has 2 aromatic rings. The van der Waals surface area contributed by atoms with E-state index < -0.39 is 6.10 Å². The average Bonchev–Trinajstić information content (AvgIpc) is 2.38. The highest BCUT2D eigenvalue weighted by Crippen LogP contribution is 2.22. The number of rotatable bonds is 4. The van der Waals surface area contributed by atoms with Crippen LogP contribution >= 0.6 is 27.5 Å². The molecule has 19 heavy (non-hydrogen) atoms. The first-order valence-electron chi connectivity index (χ1n) is 5.91. The van der Waals surface area contributed by atoms with Crippen molar-refractivity contribution in [2.75, 3.05) is 0 Å². The van der Waals surface area contributed by atoms with Crippen molar-refractivity contribution in [3.63, 3.8) is 0 Å². The number of hydrogen-bond donors (Lipinski definition) is 1. The molecule has 0 radical (unpaired) electrons. The fourth-order valence-electron chi connectivity index (χ4n) is 1.92. The first kappa shape index (κ1) is 14.5. The van der Waals surface area contributed by atoms with Crippen LogP contribution in [0.15, 0.2) is 46.9 Å². The van der Waals surface area contributed by atoms with E-state index in [1.54, 1.807) is 24.3 Å². The van der Waals surface area contributed by atoms with Crippen LogP contribution in [-0.4, -0.2) is 11.2 Å². The van der Waals surface area contributed by atoms with Gasteiger partial charge in [0, 0.05) is 5.02 Å². The van der Waals surface area contributed by atoms with E-state index in [-0.39, 0.29) is 5.82 Å². The Kier molecular flexibility index (Phi) is 4.97. The molecular formula is C15H13BrClFO. The van der Waals surface area contributed by atoms with E-state index in [1.807, 2.05) is 12.1 Å². The van der Waals surface area contributed by atoms with Gasteiger partial charge in [-0.05, 0) is 58.1 Å². The van der Waals surface area contributed by atoms with E-state index in [4.69, 9.17) is 11.6 Å². The molecule has 1 N–H and O–H groups in total. The summed E-state index contributed by atoms with van der Waals surface area (Å²) >= 11 is 9.01. The van der Waals surface area contributed by atoms with Crippen molar-refractivity contribution in [3.8, 4) is 0 Å². The molecule has 2 rings (SSSR count). The summed E-state index contributed by atoms with van der Waals surface area (Å²) in [5, 5.41) is 10.7. The van der Waals surface area contributed by atoms with Crippen LogP contribution in [0.5, 0.6) is 0 Å². The highest BCUT2D eigenvalue weighted by Gasteiger charge is 2.11. The van der Waals surface area contributed by atoms with Gasteiger partial charge in [0.2, 0.25) is 0 Å². The molecule has 0 spiro atoms. The van der Waals surface area contributed by atoms with Crippen molar-refractivity contribution >= 4 is 27.5 Å². The van der Waals surface area contributed by atoms with Crippen molar-refractivity contribution in [2.45, 2.75) is 18.9 Å². The minimum absolute atomic E-state index is 0.309. The maximum Gasteiger partial charge on any atom is 0.137 e. The van der Waals surface area contributed by atoms with Crippen molar-refractivity contribution < 1.29 is 9.50 Å². The average molecular weight is 344 g/mol. The SMILES string of the molecule is OC(Cc1ccc(Cl)cc1)Cc1cccc(F)c1Br. The molecule has 0 heterocycles. The summed E-state index contributed by atoms with van der Waals surface area (Å²) in [6.45, 7) is 0. The molecule has 2 aromatic carbocycles. The Morgan fingerprint density at radius 3 is 2.47 bits per heavy atom. The van der Waals surface area contributed by atoms with Crippen LogP contribution < -0.4 is 0 Å². The Bertz CT molecular complexity index is 557. The van der Waals surface area contributed by atoms with Gasteiger partial charge in [-0.2, -0.15) is 0 Å². The minimum atomic E-state index is -0.556. The standard InChI is InChI=1S/C15H13BrClFO/c16-15-11(2-1-3-14(15)18)9-13(19)8-10-4-6-12(17)7-5-10/h1-7,13,19H,8-9H2. The van der Waals surface area contributed by atoms with Gasteiger partial charge in [0.1, 0.15) is 5.82 Å². The molecule has 0 aliphatic carbocycles. The second-order valence-corrected chi connectivity index (χ2v) is 5.63. The number of aliphatic hydroxyl groups excluding tert-OH is 1. The first-order chi connectivity index (χ1) is 9.06. The fourth-order valence-corrected chi connectivity index (χ4v) is 2.48. The topological polar surface area (TPSA) is 20.2 Å². The first-order valence-corrected chi connectivity index (χ1v) is 7.09. The summed E-state index contributed by atoms with van der Waals surface area (Å²) in [5.74, 6) is -0.309. The molecule has 0 fully saturated rings. The van der Waals surface area contributed by atoms with E-state index in [0.717, 1.165) is 11.1 Å². The lowest BCUT2D eigenvalue weighted by molar-refractivity contribution is 0.175. The maximum atomic E-state index is 13.4. The zero-order valence-electron chi connectivity index (χ0n) is 10.1. The summed E-state index contributed by atoms with van der Waals surface area (Å²) in [6, 6.07) is 12.2. The Morgan fingerprint density at radius 2 is 1.79 bits per heavy atom. The Balaban J connectivity index is 2.03. The Labute approximate surface area is 125 Å². The lowest BCUT2D eigenvalue weighted by Gasteiger charge is -2.12. The van der Waals surface area contributed by atoms with E-state index >= 15 is 0 Å². The third kappa shape index (κ3) is 4.03. The van der Waals surface area contributed by atoms with Gasteiger partial charge in [-0.3, -0.25) is 0 Å². The van der Waals surface area contributed by atoms with Crippen LogP contribution in [0.1, 0.15) is 11.1 Å². The summed E-state index contributed by atoms with van der Waals surface area (Å²) in [4.78, 5) is 0. The van der Waals surface area contributed by atoms with Crippen molar-refractivity contribution in [1.29, 1.82) is 0 Å². The summed E-state index contributed by atoms with van der Waals surface area (Å²) in [5.41, 5.74) is 1.77. The molecule has 0 bridgehead atoms. The second kappa shape index (κ2) is 6.51. The molecule has 1 unspecified atom stereocenters. The zero-order valence-corrected chi connectivity index (χ0v) is 12.5. The number of aliphatic hydroxyl groups is 1.